The Labute approximate surface area is 159 Å². The van der Waals surface area contributed by atoms with E-state index in [2.05, 4.69) is 10.6 Å². The molecule has 4 N–H and O–H groups in total. The Kier molecular flexibility index (Phi) is 8.49. The third-order valence-corrected chi connectivity index (χ3v) is 4.69. The van der Waals surface area contributed by atoms with E-state index < -0.39 is 36.0 Å². The second kappa shape index (κ2) is 9.87. The lowest BCUT2D eigenvalue weighted by Gasteiger charge is -2.27. The van der Waals surface area contributed by atoms with Crippen LogP contribution in [0.25, 0.3) is 0 Å². The molecule has 0 spiro atoms. The molecule has 1 fully saturated rings. The van der Waals surface area contributed by atoms with Crippen molar-refractivity contribution in [2.24, 2.45) is 11.7 Å². The van der Waals surface area contributed by atoms with Gasteiger partial charge in [0.05, 0.1) is 18.0 Å². The lowest BCUT2D eigenvalue weighted by molar-refractivity contribution is -0.140. The predicted octanol–water partition coefficient (Wildman–Crippen LogP) is -0.222. The van der Waals surface area contributed by atoms with E-state index in [1.54, 1.807) is 20.8 Å². The molecule has 0 aliphatic carbocycles. The van der Waals surface area contributed by atoms with Gasteiger partial charge in [0, 0.05) is 6.54 Å². The Bertz CT molecular complexity index is 553. The lowest BCUT2D eigenvalue weighted by Crippen LogP contribution is -2.56. The molecule has 9 heteroatoms. The molecule has 0 saturated carbocycles. The number of halogens is 1. The number of alkyl halides is 1. The highest BCUT2D eigenvalue weighted by molar-refractivity contribution is 6.28. The second-order valence-corrected chi connectivity index (χ2v) is 7.31. The van der Waals surface area contributed by atoms with Crippen molar-refractivity contribution in [1.29, 1.82) is 0 Å². The molecule has 26 heavy (non-hydrogen) atoms. The summed E-state index contributed by atoms with van der Waals surface area (Å²) in [4.78, 5) is 50.2. The van der Waals surface area contributed by atoms with E-state index in [0.29, 0.717) is 19.4 Å². The maximum atomic E-state index is 12.5. The minimum absolute atomic E-state index is 0.123. The molecular weight excluding hydrogens is 360 g/mol. The van der Waals surface area contributed by atoms with Gasteiger partial charge in [-0.15, -0.1) is 11.6 Å². The van der Waals surface area contributed by atoms with E-state index in [1.807, 2.05) is 0 Å². The number of amides is 3. The van der Waals surface area contributed by atoms with Crippen LogP contribution in [0.4, 0.5) is 0 Å². The molecule has 2 unspecified atom stereocenters. The van der Waals surface area contributed by atoms with Crippen LogP contribution < -0.4 is 16.4 Å². The topological polar surface area (TPSA) is 122 Å². The molecule has 1 rings (SSSR count). The van der Waals surface area contributed by atoms with Crippen molar-refractivity contribution in [2.75, 3.05) is 12.4 Å². The van der Waals surface area contributed by atoms with Gasteiger partial charge in [0.25, 0.3) is 0 Å². The Morgan fingerprint density at radius 1 is 1.15 bits per heavy atom. The highest BCUT2D eigenvalue weighted by Gasteiger charge is 2.36. The Morgan fingerprint density at radius 2 is 1.77 bits per heavy atom. The molecule has 0 bridgehead atoms. The first-order valence-electron chi connectivity index (χ1n) is 8.85. The van der Waals surface area contributed by atoms with Gasteiger partial charge in [-0.25, -0.2) is 0 Å². The summed E-state index contributed by atoms with van der Waals surface area (Å²) in [6.45, 7) is 7.18. The van der Waals surface area contributed by atoms with Gasteiger partial charge in [0.2, 0.25) is 17.7 Å². The summed E-state index contributed by atoms with van der Waals surface area (Å²) >= 11 is 5.58. The fourth-order valence-electron chi connectivity index (χ4n) is 2.92. The zero-order valence-corrected chi connectivity index (χ0v) is 16.5. The highest BCUT2D eigenvalue weighted by Crippen LogP contribution is 2.18. The van der Waals surface area contributed by atoms with Crippen LogP contribution in [0.15, 0.2) is 0 Å². The van der Waals surface area contributed by atoms with Gasteiger partial charge in [-0.3, -0.25) is 19.2 Å². The maximum absolute atomic E-state index is 12.5. The van der Waals surface area contributed by atoms with Crippen molar-refractivity contribution in [3.63, 3.8) is 0 Å². The van der Waals surface area contributed by atoms with Gasteiger partial charge in [-0.05, 0) is 32.6 Å². The van der Waals surface area contributed by atoms with Crippen molar-refractivity contribution in [1.82, 2.24) is 15.5 Å². The van der Waals surface area contributed by atoms with E-state index >= 15 is 0 Å². The van der Waals surface area contributed by atoms with Crippen LogP contribution >= 0.6 is 11.6 Å². The van der Waals surface area contributed by atoms with Gasteiger partial charge in [0.1, 0.15) is 12.1 Å². The minimum atomic E-state index is -0.847. The zero-order valence-electron chi connectivity index (χ0n) is 15.8. The second-order valence-electron chi connectivity index (χ2n) is 7.04. The molecule has 0 radical (unpaired) electrons. The molecule has 0 aromatic heterocycles. The van der Waals surface area contributed by atoms with E-state index in [-0.39, 0.29) is 23.5 Å². The van der Waals surface area contributed by atoms with Crippen LogP contribution in [0.2, 0.25) is 0 Å². The third-order valence-electron chi connectivity index (χ3n) is 4.42. The van der Waals surface area contributed by atoms with E-state index in [1.165, 1.54) is 11.8 Å². The molecular formula is C17H29ClN4O4. The Hall–Kier alpha value is -1.67. The molecule has 3 amide bonds. The minimum Gasteiger partial charge on any atom is -0.344 e. The fourth-order valence-corrected chi connectivity index (χ4v) is 3.09. The number of carbonyl (C=O) groups is 4. The van der Waals surface area contributed by atoms with Gasteiger partial charge in [-0.2, -0.15) is 0 Å². The van der Waals surface area contributed by atoms with Gasteiger partial charge < -0.3 is 21.3 Å². The number of nitrogens with one attached hydrogen (secondary N) is 2. The zero-order chi connectivity index (χ0) is 20.0. The number of hydrogen-bond donors (Lipinski definition) is 3. The van der Waals surface area contributed by atoms with Crippen LogP contribution in [0.5, 0.6) is 0 Å². The van der Waals surface area contributed by atoms with Crippen molar-refractivity contribution in [2.45, 2.75) is 64.7 Å². The number of carbonyl (C=O) groups excluding carboxylic acids is 4. The summed E-state index contributed by atoms with van der Waals surface area (Å²) in [7, 11) is 0. The van der Waals surface area contributed by atoms with Crippen LogP contribution in [-0.2, 0) is 19.2 Å². The predicted molar refractivity (Wildman–Crippen MR) is 98.5 cm³/mol. The largest absolute Gasteiger partial charge is 0.344 e. The van der Waals surface area contributed by atoms with Gasteiger partial charge >= 0.3 is 0 Å². The molecule has 1 heterocycles. The van der Waals surface area contributed by atoms with E-state index in [4.69, 9.17) is 17.3 Å². The quantitative estimate of drug-likeness (QED) is 0.496. The van der Waals surface area contributed by atoms with Gasteiger partial charge in [0.15, 0.2) is 5.78 Å². The maximum Gasteiger partial charge on any atom is 0.243 e. The third kappa shape index (κ3) is 5.67. The number of Topliss-reactive ketones (excluding diaryl/α,β-unsaturated/α-hetero) is 1. The number of ketones is 1. The molecule has 1 aliphatic heterocycles. The van der Waals surface area contributed by atoms with Crippen molar-refractivity contribution >= 4 is 35.1 Å². The fraction of sp³-hybridized carbons (Fsp3) is 0.765. The first kappa shape index (κ1) is 22.4. The molecule has 1 saturated heterocycles. The molecule has 148 valence electrons. The van der Waals surface area contributed by atoms with Gasteiger partial charge in [-0.1, -0.05) is 13.8 Å². The van der Waals surface area contributed by atoms with Crippen LogP contribution in [0.3, 0.4) is 0 Å². The highest BCUT2D eigenvalue weighted by atomic mass is 35.5. The number of rotatable bonds is 8. The number of nitrogens with zero attached hydrogens (tertiary/aromatic N) is 1. The van der Waals surface area contributed by atoms with E-state index in [0.717, 1.165) is 0 Å². The summed E-state index contributed by atoms with van der Waals surface area (Å²) < 4.78 is 0. The number of nitrogens with two attached hydrogens (primary N) is 1. The standard InChI is InChI=1S/C17H29ClN4O4/c1-9(2)14(13(23)8-18)21-15(24)11(4)20-16(25)12-6-5-7-22(12)17(26)10(3)19/h9-12,14H,5-8,19H2,1-4H3,(H,20,25)(H,21,24)/t10-,11+,12?,14?/m1/s1. The molecule has 0 aromatic carbocycles. The first-order chi connectivity index (χ1) is 12.1. The summed E-state index contributed by atoms with van der Waals surface area (Å²) in [5, 5.41) is 5.24. The van der Waals surface area contributed by atoms with Crippen LogP contribution in [0.1, 0.15) is 40.5 Å². The SMILES string of the molecule is CC(C)C(NC(=O)[C@H](C)NC(=O)C1CCCN1C(=O)[C@@H](C)N)C(=O)CCl. The molecule has 8 nitrogen and oxygen atoms in total. The summed E-state index contributed by atoms with van der Waals surface area (Å²) in [6.07, 6.45) is 1.23. The average molecular weight is 389 g/mol. The summed E-state index contributed by atoms with van der Waals surface area (Å²) in [5.74, 6) is -1.75. The molecule has 4 atom stereocenters. The number of likely N-dealkylation sites (tertiary alicyclic amines) is 1. The normalized spacial score (nSPS) is 20.4. The number of hydrogen-bond acceptors (Lipinski definition) is 5. The molecule has 0 aromatic rings. The van der Waals surface area contributed by atoms with E-state index in [9.17, 15) is 19.2 Å². The van der Waals surface area contributed by atoms with Crippen molar-refractivity contribution in [3.05, 3.63) is 0 Å². The Balaban J connectivity index is 2.69. The smallest absolute Gasteiger partial charge is 0.243 e. The monoisotopic (exact) mass is 388 g/mol. The lowest BCUT2D eigenvalue weighted by atomic mass is 10.0. The summed E-state index contributed by atoms with van der Waals surface area (Å²) in [5.41, 5.74) is 5.62. The van der Waals surface area contributed by atoms with Crippen LogP contribution in [-0.4, -0.2) is 65.0 Å². The average Bonchev–Trinajstić information content (AvgIpc) is 3.07. The van der Waals surface area contributed by atoms with Crippen molar-refractivity contribution in [3.8, 4) is 0 Å². The molecule has 1 aliphatic rings. The van der Waals surface area contributed by atoms with Crippen LogP contribution in [0, 0.1) is 5.92 Å². The summed E-state index contributed by atoms with van der Waals surface area (Å²) in [6, 6.07) is -2.87. The first-order valence-corrected chi connectivity index (χ1v) is 9.39. The van der Waals surface area contributed by atoms with Crippen molar-refractivity contribution < 1.29 is 19.2 Å². The Morgan fingerprint density at radius 3 is 2.27 bits per heavy atom.